The van der Waals surface area contributed by atoms with Crippen molar-refractivity contribution in [3.63, 3.8) is 0 Å². The molecule has 2 aliphatic rings. The van der Waals surface area contributed by atoms with Crippen molar-refractivity contribution in [2.45, 2.75) is 38.5 Å². The summed E-state index contributed by atoms with van der Waals surface area (Å²) in [6.07, 6.45) is 1.99. The number of methoxy groups -OCH3 is 3. The number of aryl methyl sites for hydroxylation is 1. The van der Waals surface area contributed by atoms with Gasteiger partial charge >= 0.3 is 0 Å². The lowest BCUT2D eigenvalue weighted by Gasteiger charge is -2.39. The molecule has 168 valence electrons. The van der Waals surface area contributed by atoms with E-state index >= 15 is 0 Å². The van der Waals surface area contributed by atoms with Crippen LogP contribution in [0, 0.1) is 6.92 Å². The Hall–Kier alpha value is -2.99. The summed E-state index contributed by atoms with van der Waals surface area (Å²) in [4.78, 5) is 28.4. The molecule has 1 atom stereocenters. The predicted molar refractivity (Wildman–Crippen MR) is 123 cm³/mol. The Morgan fingerprint density at radius 3 is 2.28 bits per heavy atom. The highest BCUT2D eigenvalue weighted by atomic mass is 35.5. The zero-order valence-electron chi connectivity index (χ0n) is 18.7. The van der Waals surface area contributed by atoms with Crippen molar-refractivity contribution in [2.75, 3.05) is 26.2 Å². The molecule has 2 aromatic rings. The van der Waals surface area contributed by atoms with E-state index in [0.717, 1.165) is 22.5 Å². The lowest BCUT2D eigenvalue weighted by molar-refractivity contribution is -0.119. The number of carbonyl (C=O) groups excluding carboxylic acids is 2. The number of hydrogen-bond acceptors (Lipinski definition) is 5. The summed E-state index contributed by atoms with van der Waals surface area (Å²) in [6, 6.07) is 9.13. The molecule has 1 aliphatic carbocycles. The number of rotatable bonds is 5. The van der Waals surface area contributed by atoms with Gasteiger partial charge in [-0.3, -0.25) is 14.5 Å². The van der Waals surface area contributed by atoms with Crippen molar-refractivity contribution >= 4 is 29.0 Å². The largest absolute Gasteiger partial charge is 0.493 e. The molecule has 0 spiro atoms. The quantitative estimate of drug-likeness (QED) is 0.619. The van der Waals surface area contributed by atoms with Gasteiger partial charge in [0, 0.05) is 35.1 Å². The number of anilines is 1. The molecule has 1 heterocycles. The Kier molecular flexibility index (Phi) is 6.15. The van der Waals surface area contributed by atoms with Crippen LogP contribution >= 0.6 is 11.6 Å². The maximum atomic E-state index is 13.5. The molecule has 0 bridgehead atoms. The van der Waals surface area contributed by atoms with Crippen LogP contribution in [-0.2, 0) is 9.59 Å². The number of halogens is 1. The van der Waals surface area contributed by atoms with Crippen LogP contribution in [0.5, 0.6) is 17.2 Å². The van der Waals surface area contributed by atoms with Gasteiger partial charge in [0.15, 0.2) is 17.3 Å². The van der Waals surface area contributed by atoms with E-state index in [4.69, 9.17) is 25.8 Å². The summed E-state index contributed by atoms with van der Waals surface area (Å²) in [5.41, 5.74) is 3.90. The topological polar surface area (TPSA) is 65.1 Å². The number of carbonyl (C=O) groups is 2. The Labute approximate surface area is 192 Å². The highest BCUT2D eigenvalue weighted by molar-refractivity contribution is 6.31. The molecule has 4 rings (SSSR count). The van der Waals surface area contributed by atoms with E-state index in [0.29, 0.717) is 47.1 Å². The average Bonchev–Trinajstić information content (AvgIpc) is 2.79. The first-order chi connectivity index (χ1) is 15.4. The minimum Gasteiger partial charge on any atom is -0.493 e. The Bertz CT molecular complexity index is 1100. The Morgan fingerprint density at radius 1 is 0.969 bits per heavy atom. The molecule has 0 radical (unpaired) electrons. The van der Waals surface area contributed by atoms with Gasteiger partial charge < -0.3 is 14.2 Å². The third-order valence-corrected chi connectivity index (χ3v) is 6.41. The fourth-order valence-electron chi connectivity index (χ4n) is 4.68. The number of Topliss-reactive ketones (excluding diaryl/α,β-unsaturated/α-hetero) is 1. The summed E-state index contributed by atoms with van der Waals surface area (Å²) >= 11 is 6.25. The monoisotopic (exact) mass is 455 g/mol. The number of allylic oxidation sites excluding steroid dienone is 2. The number of ketones is 1. The van der Waals surface area contributed by atoms with Crippen molar-refractivity contribution in [3.8, 4) is 17.2 Å². The van der Waals surface area contributed by atoms with Crippen molar-refractivity contribution in [1.29, 1.82) is 0 Å². The molecule has 0 aromatic heterocycles. The molecule has 1 amide bonds. The van der Waals surface area contributed by atoms with Gasteiger partial charge in [0.1, 0.15) is 0 Å². The summed E-state index contributed by atoms with van der Waals surface area (Å²) in [6.45, 7) is 1.94. The molecular formula is C25H26ClNO5. The third-order valence-electron chi connectivity index (χ3n) is 6.18. The van der Waals surface area contributed by atoms with Crippen LogP contribution in [0.25, 0.3) is 0 Å². The first-order valence-electron chi connectivity index (χ1n) is 10.5. The smallest absolute Gasteiger partial charge is 0.232 e. The van der Waals surface area contributed by atoms with Crippen molar-refractivity contribution < 1.29 is 23.8 Å². The summed E-state index contributed by atoms with van der Waals surface area (Å²) in [7, 11) is 4.64. The van der Waals surface area contributed by atoms with Crippen molar-refractivity contribution in [1.82, 2.24) is 0 Å². The third kappa shape index (κ3) is 3.73. The normalized spacial score (nSPS) is 18.5. The standard InChI is InChI=1S/C25H26ClNO5/c1-14-8-9-16(26)12-19(14)27-18-6-5-7-20(28)24(18)17(13-23(27)29)15-10-21(30-2)25(32-4)22(11-15)31-3/h8-12,17H,5-7,13H2,1-4H3. The summed E-state index contributed by atoms with van der Waals surface area (Å²) < 4.78 is 16.4. The van der Waals surface area contributed by atoms with Crippen molar-refractivity contribution in [2.24, 2.45) is 0 Å². The molecule has 0 saturated carbocycles. The molecule has 6 nitrogen and oxygen atoms in total. The number of benzene rings is 2. The van der Waals surface area contributed by atoms with E-state index < -0.39 is 0 Å². The van der Waals surface area contributed by atoms with Gasteiger partial charge in [-0.2, -0.15) is 0 Å². The molecule has 7 heteroatoms. The van der Waals surface area contributed by atoms with Gasteiger partial charge in [0.05, 0.1) is 27.0 Å². The molecule has 1 aliphatic heterocycles. The van der Waals surface area contributed by atoms with Gasteiger partial charge in [-0.25, -0.2) is 0 Å². The Balaban J connectivity index is 1.90. The van der Waals surface area contributed by atoms with Crippen molar-refractivity contribution in [3.05, 3.63) is 57.8 Å². The van der Waals surface area contributed by atoms with Crippen LogP contribution < -0.4 is 19.1 Å². The fraction of sp³-hybridized carbons (Fsp3) is 0.360. The van der Waals surface area contributed by atoms with Gasteiger partial charge in [-0.1, -0.05) is 17.7 Å². The summed E-state index contributed by atoms with van der Waals surface area (Å²) in [5, 5.41) is 0.550. The van der Waals surface area contributed by atoms with Gasteiger partial charge in [0.25, 0.3) is 0 Å². The van der Waals surface area contributed by atoms with E-state index in [1.165, 1.54) is 0 Å². The lowest BCUT2D eigenvalue weighted by atomic mass is 9.77. The SMILES string of the molecule is COc1cc(C2CC(=O)N(c3cc(Cl)ccc3C)C3=C2C(=O)CCC3)cc(OC)c1OC. The number of hydrogen-bond donors (Lipinski definition) is 0. The van der Waals surface area contributed by atoms with E-state index in [2.05, 4.69) is 0 Å². The number of amides is 1. The molecule has 2 aromatic carbocycles. The molecule has 0 N–H and O–H groups in total. The fourth-order valence-corrected chi connectivity index (χ4v) is 4.85. The van der Waals surface area contributed by atoms with Crippen LogP contribution in [0.2, 0.25) is 5.02 Å². The van der Waals surface area contributed by atoms with Gasteiger partial charge in [0.2, 0.25) is 11.7 Å². The van der Waals surface area contributed by atoms with Gasteiger partial charge in [-0.05, 0) is 55.2 Å². The predicted octanol–water partition coefficient (Wildman–Crippen LogP) is 5.20. The highest BCUT2D eigenvalue weighted by Gasteiger charge is 2.40. The van der Waals surface area contributed by atoms with E-state index in [1.54, 1.807) is 38.4 Å². The highest BCUT2D eigenvalue weighted by Crippen LogP contribution is 2.47. The number of nitrogens with zero attached hydrogens (tertiary/aromatic N) is 1. The molecule has 1 unspecified atom stereocenters. The maximum Gasteiger partial charge on any atom is 0.232 e. The maximum absolute atomic E-state index is 13.5. The van der Waals surface area contributed by atoms with Crippen LogP contribution in [0.4, 0.5) is 5.69 Å². The Morgan fingerprint density at radius 2 is 1.66 bits per heavy atom. The average molecular weight is 456 g/mol. The second-order valence-corrected chi connectivity index (χ2v) is 8.45. The van der Waals surface area contributed by atoms with Gasteiger partial charge in [-0.15, -0.1) is 0 Å². The molecular weight excluding hydrogens is 430 g/mol. The van der Waals surface area contributed by atoms with E-state index in [9.17, 15) is 9.59 Å². The minimum absolute atomic E-state index is 0.0671. The molecule has 0 saturated heterocycles. The molecule has 0 fully saturated rings. The van der Waals surface area contributed by atoms with Crippen LogP contribution in [0.15, 0.2) is 41.6 Å². The zero-order valence-corrected chi connectivity index (χ0v) is 19.4. The molecule has 32 heavy (non-hydrogen) atoms. The number of ether oxygens (including phenoxy) is 3. The van der Waals surface area contributed by atoms with E-state index in [-0.39, 0.29) is 24.0 Å². The summed E-state index contributed by atoms with van der Waals surface area (Å²) in [5.74, 6) is 1.08. The first-order valence-corrected chi connectivity index (χ1v) is 10.9. The second-order valence-electron chi connectivity index (χ2n) is 8.01. The van der Waals surface area contributed by atoms with Crippen LogP contribution in [-0.4, -0.2) is 33.0 Å². The second kappa shape index (κ2) is 8.87. The minimum atomic E-state index is -0.380. The first kappa shape index (κ1) is 22.2. The van der Waals surface area contributed by atoms with E-state index in [1.807, 2.05) is 25.1 Å². The zero-order chi connectivity index (χ0) is 23.0. The van der Waals surface area contributed by atoms with Crippen LogP contribution in [0.1, 0.15) is 42.7 Å². The van der Waals surface area contributed by atoms with Crippen LogP contribution in [0.3, 0.4) is 0 Å². The lowest BCUT2D eigenvalue weighted by Crippen LogP contribution is -2.40.